The highest BCUT2D eigenvalue weighted by molar-refractivity contribution is 5.64. The van der Waals surface area contributed by atoms with Crippen molar-refractivity contribution in [2.24, 2.45) is 0 Å². The average Bonchev–Trinajstić information content (AvgIpc) is 2.65. The lowest BCUT2D eigenvalue weighted by Crippen LogP contribution is -2.44. The van der Waals surface area contributed by atoms with Gasteiger partial charge in [0, 0.05) is 12.6 Å². The molecule has 2 aromatic rings. The number of amides is 1. The smallest absolute Gasteiger partial charge is 0.404 e. The first-order chi connectivity index (χ1) is 12.6. The summed E-state index contributed by atoms with van der Waals surface area (Å²) >= 11 is 0. The van der Waals surface area contributed by atoms with E-state index >= 15 is 0 Å². The lowest BCUT2D eigenvalue weighted by molar-refractivity contribution is 0.182. The monoisotopic (exact) mass is 356 g/mol. The summed E-state index contributed by atoms with van der Waals surface area (Å²) in [7, 11) is 0. The van der Waals surface area contributed by atoms with Crippen molar-refractivity contribution in [2.75, 3.05) is 19.6 Å². The van der Waals surface area contributed by atoms with Crippen molar-refractivity contribution in [1.29, 1.82) is 0 Å². The van der Waals surface area contributed by atoms with Gasteiger partial charge in [-0.25, -0.2) is 4.79 Å². The first-order valence-corrected chi connectivity index (χ1v) is 9.08. The van der Waals surface area contributed by atoms with Gasteiger partial charge < -0.3 is 20.1 Å². The lowest BCUT2D eigenvalue weighted by Gasteiger charge is -2.25. The molecule has 0 fully saturated rings. The Bertz CT molecular complexity index is 655. The van der Waals surface area contributed by atoms with Gasteiger partial charge in [-0.2, -0.15) is 0 Å². The van der Waals surface area contributed by atoms with Crippen LogP contribution >= 0.6 is 0 Å². The normalized spacial score (nSPS) is 12.0. The summed E-state index contributed by atoms with van der Waals surface area (Å²) in [6.07, 6.45) is -0.327. The molecule has 5 nitrogen and oxygen atoms in total. The van der Waals surface area contributed by atoms with Crippen molar-refractivity contribution < 1.29 is 14.6 Å². The van der Waals surface area contributed by atoms with Crippen molar-refractivity contribution in [2.45, 2.75) is 32.9 Å². The molecule has 5 heteroatoms. The number of benzene rings is 2. The van der Waals surface area contributed by atoms with Crippen LogP contribution in [0.3, 0.4) is 0 Å². The highest BCUT2D eigenvalue weighted by atomic mass is 16.5. The van der Waals surface area contributed by atoms with Gasteiger partial charge in [0.2, 0.25) is 0 Å². The van der Waals surface area contributed by atoms with Crippen molar-refractivity contribution in [3.8, 4) is 5.75 Å². The highest BCUT2D eigenvalue weighted by Crippen LogP contribution is 2.15. The summed E-state index contributed by atoms with van der Waals surface area (Å²) in [4.78, 5) is 13.3. The van der Waals surface area contributed by atoms with Crippen LogP contribution in [0.2, 0.25) is 0 Å². The molecule has 2 rings (SSSR count). The van der Waals surface area contributed by atoms with Gasteiger partial charge in [-0.15, -0.1) is 0 Å². The molecule has 0 heterocycles. The van der Waals surface area contributed by atoms with E-state index in [1.807, 2.05) is 54.6 Å². The van der Waals surface area contributed by atoms with Crippen LogP contribution in [0.4, 0.5) is 4.79 Å². The zero-order chi connectivity index (χ0) is 18.8. The van der Waals surface area contributed by atoms with Crippen LogP contribution in [0.25, 0.3) is 0 Å². The summed E-state index contributed by atoms with van der Waals surface area (Å²) in [6, 6.07) is 17.8. The van der Waals surface area contributed by atoms with E-state index in [-0.39, 0.29) is 6.04 Å². The minimum atomic E-state index is -0.982. The van der Waals surface area contributed by atoms with Gasteiger partial charge >= 0.3 is 6.09 Å². The van der Waals surface area contributed by atoms with Crippen molar-refractivity contribution in [1.82, 2.24) is 10.2 Å². The van der Waals surface area contributed by atoms with E-state index in [1.165, 1.54) is 0 Å². The Morgan fingerprint density at radius 3 is 2.27 bits per heavy atom. The third-order valence-corrected chi connectivity index (χ3v) is 4.35. The van der Waals surface area contributed by atoms with Crippen LogP contribution < -0.4 is 10.1 Å². The van der Waals surface area contributed by atoms with E-state index in [4.69, 9.17) is 9.84 Å². The number of hydrogen-bond donors (Lipinski definition) is 2. The van der Waals surface area contributed by atoms with Crippen molar-refractivity contribution in [3.63, 3.8) is 0 Å². The molecular formula is C21H28N2O3. The molecule has 0 aliphatic heterocycles. The molecule has 1 amide bonds. The molecule has 2 aromatic carbocycles. The summed E-state index contributed by atoms with van der Waals surface area (Å²) in [6.45, 7) is 7.21. The molecule has 0 radical (unpaired) electrons. The molecule has 0 aliphatic carbocycles. The Hall–Kier alpha value is -2.53. The Morgan fingerprint density at radius 2 is 1.69 bits per heavy atom. The molecule has 26 heavy (non-hydrogen) atoms. The topological polar surface area (TPSA) is 61.8 Å². The van der Waals surface area contributed by atoms with E-state index in [2.05, 4.69) is 24.1 Å². The zero-order valence-corrected chi connectivity index (χ0v) is 15.5. The Kier molecular flexibility index (Phi) is 7.96. The third kappa shape index (κ3) is 6.76. The Morgan fingerprint density at radius 1 is 1.04 bits per heavy atom. The van der Waals surface area contributed by atoms with Crippen LogP contribution in [0.1, 0.15) is 25.0 Å². The largest absolute Gasteiger partial charge is 0.489 e. The second-order valence-corrected chi connectivity index (χ2v) is 6.25. The minimum Gasteiger partial charge on any atom is -0.489 e. The SMILES string of the molecule is CCN(CC)CC(Cc1ccc(OCc2ccccc2)cc1)NC(=O)O. The number of rotatable bonds is 10. The number of ether oxygens (including phenoxy) is 1. The fraction of sp³-hybridized carbons (Fsp3) is 0.381. The molecule has 2 N–H and O–H groups in total. The molecule has 140 valence electrons. The summed E-state index contributed by atoms with van der Waals surface area (Å²) in [5.74, 6) is 0.809. The number of nitrogens with one attached hydrogen (secondary N) is 1. The number of carboxylic acid groups (broad SMARTS) is 1. The van der Waals surface area contributed by atoms with E-state index in [9.17, 15) is 4.79 Å². The molecular weight excluding hydrogens is 328 g/mol. The number of hydrogen-bond acceptors (Lipinski definition) is 3. The second-order valence-electron chi connectivity index (χ2n) is 6.25. The standard InChI is InChI=1S/C21H28N2O3/c1-3-23(4-2)15-19(22-21(24)25)14-17-10-12-20(13-11-17)26-16-18-8-6-5-7-9-18/h5-13,19,22H,3-4,14-16H2,1-2H3,(H,24,25). The maximum absolute atomic E-state index is 11.1. The van der Waals surface area contributed by atoms with Crippen LogP contribution in [-0.2, 0) is 13.0 Å². The van der Waals surface area contributed by atoms with Gasteiger partial charge in [0.15, 0.2) is 0 Å². The first kappa shape index (κ1) is 19.8. The van der Waals surface area contributed by atoms with Crippen molar-refractivity contribution >= 4 is 6.09 Å². The van der Waals surface area contributed by atoms with Crippen LogP contribution in [0.15, 0.2) is 54.6 Å². The predicted octanol–water partition coefficient (Wildman–Crippen LogP) is 3.79. The Balaban J connectivity index is 1.93. The van der Waals surface area contributed by atoms with Crippen LogP contribution in [0, 0.1) is 0 Å². The summed E-state index contributed by atoms with van der Waals surface area (Å²) < 4.78 is 5.80. The average molecular weight is 356 g/mol. The molecule has 1 atom stereocenters. The van der Waals surface area contributed by atoms with Gasteiger partial charge in [0.1, 0.15) is 12.4 Å². The molecule has 0 spiro atoms. The van der Waals surface area contributed by atoms with E-state index in [0.29, 0.717) is 19.6 Å². The minimum absolute atomic E-state index is 0.136. The Labute approximate surface area is 155 Å². The van der Waals surface area contributed by atoms with Gasteiger partial charge in [-0.3, -0.25) is 0 Å². The highest BCUT2D eigenvalue weighted by Gasteiger charge is 2.15. The molecule has 0 saturated heterocycles. The van der Waals surface area contributed by atoms with Crippen LogP contribution in [-0.4, -0.2) is 41.8 Å². The lowest BCUT2D eigenvalue weighted by atomic mass is 10.1. The molecule has 0 aliphatic rings. The van der Waals surface area contributed by atoms with Gasteiger partial charge in [0.25, 0.3) is 0 Å². The predicted molar refractivity (Wildman–Crippen MR) is 104 cm³/mol. The second kappa shape index (κ2) is 10.5. The summed E-state index contributed by atoms with van der Waals surface area (Å²) in [5.41, 5.74) is 2.21. The molecule has 0 bridgehead atoms. The molecule has 1 unspecified atom stereocenters. The fourth-order valence-electron chi connectivity index (χ4n) is 2.88. The van der Waals surface area contributed by atoms with Gasteiger partial charge in [-0.1, -0.05) is 56.3 Å². The van der Waals surface area contributed by atoms with Gasteiger partial charge in [-0.05, 0) is 42.8 Å². The number of carbonyl (C=O) groups is 1. The third-order valence-electron chi connectivity index (χ3n) is 4.35. The quantitative estimate of drug-likeness (QED) is 0.680. The fourth-order valence-corrected chi connectivity index (χ4v) is 2.88. The molecule has 0 aromatic heterocycles. The van der Waals surface area contributed by atoms with Crippen LogP contribution in [0.5, 0.6) is 5.75 Å². The van der Waals surface area contributed by atoms with E-state index in [0.717, 1.165) is 30.0 Å². The zero-order valence-electron chi connectivity index (χ0n) is 15.5. The maximum atomic E-state index is 11.1. The summed E-state index contributed by atoms with van der Waals surface area (Å²) in [5, 5.41) is 11.7. The van der Waals surface area contributed by atoms with Crippen molar-refractivity contribution in [3.05, 3.63) is 65.7 Å². The molecule has 0 saturated carbocycles. The number of likely N-dealkylation sites (N-methyl/N-ethyl adjacent to an activating group) is 1. The first-order valence-electron chi connectivity index (χ1n) is 9.08. The number of nitrogens with zero attached hydrogens (tertiary/aromatic N) is 1. The maximum Gasteiger partial charge on any atom is 0.404 e. The van der Waals surface area contributed by atoms with Gasteiger partial charge in [0.05, 0.1) is 0 Å². The van der Waals surface area contributed by atoms with E-state index in [1.54, 1.807) is 0 Å². The van der Waals surface area contributed by atoms with E-state index < -0.39 is 6.09 Å².